The van der Waals surface area contributed by atoms with Crippen LogP contribution >= 0.6 is 0 Å². The van der Waals surface area contributed by atoms with Crippen molar-refractivity contribution in [1.29, 1.82) is 0 Å². The number of halogens is 3. The third kappa shape index (κ3) is 7.25. The van der Waals surface area contributed by atoms with E-state index >= 15 is 0 Å². The van der Waals surface area contributed by atoms with Crippen LogP contribution in [0.2, 0.25) is 0 Å². The van der Waals surface area contributed by atoms with E-state index in [1.54, 1.807) is 14.2 Å². The number of rotatable bonds is 9. The first-order valence-corrected chi connectivity index (χ1v) is 9.76. The van der Waals surface area contributed by atoms with Crippen molar-refractivity contribution < 1.29 is 31.1 Å². The normalized spacial score (nSPS) is 18.1. The quantitative estimate of drug-likeness (QED) is 0.331. The van der Waals surface area contributed by atoms with Crippen LogP contribution < -0.4 is 10.6 Å². The highest BCUT2D eigenvalue weighted by molar-refractivity contribution is 7.90. The van der Waals surface area contributed by atoms with Crippen molar-refractivity contribution in [1.82, 2.24) is 14.9 Å². The molecule has 1 rings (SSSR count). The predicted octanol–water partition coefficient (Wildman–Crippen LogP) is 0.518. The summed E-state index contributed by atoms with van der Waals surface area (Å²) >= 11 is 0. The van der Waals surface area contributed by atoms with E-state index in [0.717, 1.165) is 6.42 Å². The van der Waals surface area contributed by atoms with Crippen LogP contribution in [-0.4, -0.2) is 83.8 Å². The molecule has 1 saturated heterocycles. The minimum atomic E-state index is -5.25. The molecular weight excluding hydrogens is 377 g/mol. The molecule has 154 valence electrons. The molecule has 26 heavy (non-hydrogen) atoms. The van der Waals surface area contributed by atoms with Crippen LogP contribution in [0.3, 0.4) is 0 Å². The Morgan fingerprint density at radius 2 is 1.88 bits per heavy atom. The summed E-state index contributed by atoms with van der Waals surface area (Å²) in [5.74, 6) is 0.527. The third-order valence-corrected chi connectivity index (χ3v) is 5.47. The molecule has 1 fully saturated rings. The van der Waals surface area contributed by atoms with Gasteiger partial charge in [-0.25, -0.2) is 8.42 Å². The molecule has 0 aromatic rings. The zero-order chi connectivity index (χ0) is 19.6. The molecule has 0 aromatic heterocycles. The lowest BCUT2D eigenvalue weighted by atomic mass is 10.1. The summed E-state index contributed by atoms with van der Waals surface area (Å²) in [5.41, 5.74) is -5.25. The van der Waals surface area contributed by atoms with E-state index in [0.29, 0.717) is 36.6 Å². The Balaban J connectivity index is 2.30. The standard InChI is InChI=1S/C14H27F3N4O4S/c1-18-13(19-6-3-9-25-11-10-24-2)20-12-4-7-21(8-5-12)26(22,23)14(15,16)17/h12H,3-11H2,1-2H3,(H2,18,19,20). The van der Waals surface area contributed by atoms with Gasteiger partial charge in [0.05, 0.1) is 13.2 Å². The number of alkyl halides is 3. The van der Waals surface area contributed by atoms with Crippen LogP contribution in [0.1, 0.15) is 19.3 Å². The van der Waals surface area contributed by atoms with E-state index in [2.05, 4.69) is 15.6 Å². The number of nitrogens with zero attached hydrogens (tertiary/aromatic N) is 2. The summed E-state index contributed by atoms with van der Waals surface area (Å²) in [6.45, 7) is 1.91. The Morgan fingerprint density at radius 3 is 2.42 bits per heavy atom. The van der Waals surface area contributed by atoms with E-state index < -0.39 is 15.5 Å². The molecule has 8 nitrogen and oxygen atoms in total. The van der Waals surface area contributed by atoms with E-state index in [4.69, 9.17) is 9.47 Å². The number of hydrogen-bond donors (Lipinski definition) is 2. The number of ether oxygens (including phenoxy) is 2. The topological polar surface area (TPSA) is 92.3 Å². The zero-order valence-electron chi connectivity index (χ0n) is 15.0. The van der Waals surface area contributed by atoms with Crippen LogP contribution in [0.15, 0.2) is 4.99 Å². The van der Waals surface area contributed by atoms with Gasteiger partial charge in [-0.05, 0) is 19.3 Å². The molecule has 1 aliphatic rings. The molecular formula is C14H27F3N4O4S. The number of guanidine groups is 1. The van der Waals surface area contributed by atoms with Crippen LogP contribution in [0.5, 0.6) is 0 Å². The lowest BCUT2D eigenvalue weighted by molar-refractivity contribution is -0.0494. The van der Waals surface area contributed by atoms with E-state index in [1.807, 2.05) is 0 Å². The van der Waals surface area contributed by atoms with Gasteiger partial charge in [0.2, 0.25) is 0 Å². The highest BCUT2D eigenvalue weighted by Gasteiger charge is 2.50. The van der Waals surface area contributed by atoms with E-state index in [9.17, 15) is 21.6 Å². The number of methoxy groups -OCH3 is 1. The van der Waals surface area contributed by atoms with Crippen molar-refractivity contribution in [2.24, 2.45) is 4.99 Å². The molecule has 0 aliphatic carbocycles. The van der Waals surface area contributed by atoms with Crippen LogP contribution in [0.25, 0.3) is 0 Å². The minimum absolute atomic E-state index is 0.140. The molecule has 0 unspecified atom stereocenters. The van der Waals surface area contributed by atoms with Gasteiger partial charge in [-0.15, -0.1) is 0 Å². The first kappa shape index (κ1) is 22.9. The molecule has 0 aromatic carbocycles. The van der Waals surface area contributed by atoms with Gasteiger partial charge >= 0.3 is 15.5 Å². The molecule has 0 radical (unpaired) electrons. The Morgan fingerprint density at radius 1 is 1.23 bits per heavy atom. The highest BCUT2D eigenvalue weighted by Crippen LogP contribution is 2.28. The summed E-state index contributed by atoms with van der Waals surface area (Å²) in [6, 6.07) is -0.140. The monoisotopic (exact) mass is 404 g/mol. The van der Waals surface area contributed by atoms with Crippen LogP contribution in [-0.2, 0) is 19.5 Å². The third-order valence-electron chi connectivity index (χ3n) is 3.84. The fourth-order valence-corrected chi connectivity index (χ4v) is 3.38. The van der Waals surface area contributed by atoms with Crippen molar-refractivity contribution >= 4 is 16.0 Å². The van der Waals surface area contributed by atoms with Crippen molar-refractivity contribution in [2.75, 3.05) is 53.6 Å². The average molecular weight is 404 g/mol. The van der Waals surface area contributed by atoms with Crippen molar-refractivity contribution in [2.45, 2.75) is 30.8 Å². The summed E-state index contributed by atoms with van der Waals surface area (Å²) in [4.78, 5) is 4.06. The molecule has 0 atom stereocenters. The van der Waals surface area contributed by atoms with Gasteiger partial charge in [0.1, 0.15) is 0 Å². The summed E-state index contributed by atoms with van der Waals surface area (Å²) < 4.78 is 71.1. The smallest absolute Gasteiger partial charge is 0.382 e. The Kier molecular flexibility index (Phi) is 9.61. The zero-order valence-corrected chi connectivity index (χ0v) is 15.8. The van der Waals surface area contributed by atoms with Gasteiger partial charge in [0, 0.05) is 46.4 Å². The summed E-state index contributed by atoms with van der Waals surface area (Å²) in [5, 5.41) is 6.19. The summed E-state index contributed by atoms with van der Waals surface area (Å²) in [7, 11) is -2.06. The molecule has 12 heteroatoms. The summed E-state index contributed by atoms with van der Waals surface area (Å²) in [6.07, 6.45) is 1.30. The van der Waals surface area contributed by atoms with Gasteiger partial charge in [0.15, 0.2) is 5.96 Å². The number of hydrogen-bond acceptors (Lipinski definition) is 5. The average Bonchev–Trinajstić information content (AvgIpc) is 2.59. The second-order valence-electron chi connectivity index (χ2n) is 5.73. The molecule has 2 N–H and O–H groups in total. The SMILES string of the molecule is CN=C(NCCCOCCOC)NC1CCN(S(=O)(=O)C(F)(F)F)CC1. The van der Waals surface area contributed by atoms with Gasteiger partial charge in [-0.3, -0.25) is 4.99 Å². The fourth-order valence-electron chi connectivity index (χ4n) is 2.40. The van der Waals surface area contributed by atoms with Gasteiger partial charge in [0.25, 0.3) is 0 Å². The predicted molar refractivity (Wildman–Crippen MR) is 91.4 cm³/mol. The van der Waals surface area contributed by atoms with Crippen LogP contribution in [0, 0.1) is 0 Å². The lowest BCUT2D eigenvalue weighted by Crippen LogP contribution is -2.51. The van der Waals surface area contributed by atoms with Crippen molar-refractivity contribution in [3.8, 4) is 0 Å². The van der Waals surface area contributed by atoms with Crippen LogP contribution in [0.4, 0.5) is 13.2 Å². The maximum absolute atomic E-state index is 12.6. The van der Waals surface area contributed by atoms with Crippen molar-refractivity contribution in [3.05, 3.63) is 0 Å². The number of aliphatic imine (C=N–C) groups is 1. The highest BCUT2D eigenvalue weighted by atomic mass is 32.2. The van der Waals surface area contributed by atoms with Gasteiger partial charge in [-0.1, -0.05) is 0 Å². The molecule has 0 spiro atoms. The van der Waals surface area contributed by atoms with Gasteiger partial charge in [-0.2, -0.15) is 17.5 Å². The largest absolute Gasteiger partial charge is 0.511 e. The van der Waals surface area contributed by atoms with E-state index in [1.165, 1.54) is 0 Å². The number of nitrogens with one attached hydrogen (secondary N) is 2. The first-order valence-electron chi connectivity index (χ1n) is 8.32. The van der Waals surface area contributed by atoms with Crippen molar-refractivity contribution in [3.63, 3.8) is 0 Å². The Hall–Kier alpha value is -1.11. The molecule has 0 saturated carbocycles. The lowest BCUT2D eigenvalue weighted by Gasteiger charge is -2.32. The minimum Gasteiger partial charge on any atom is -0.382 e. The Bertz CT molecular complexity index is 535. The molecule has 1 aliphatic heterocycles. The van der Waals surface area contributed by atoms with E-state index in [-0.39, 0.29) is 32.0 Å². The second kappa shape index (κ2) is 10.9. The maximum atomic E-state index is 12.6. The number of piperidine rings is 1. The molecule has 1 heterocycles. The first-order chi connectivity index (χ1) is 12.2. The molecule has 0 bridgehead atoms. The Labute approximate surface area is 152 Å². The number of sulfonamides is 1. The van der Waals surface area contributed by atoms with Gasteiger partial charge < -0.3 is 20.1 Å². The fraction of sp³-hybridized carbons (Fsp3) is 0.929. The maximum Gasteiger partial charge on any atom is 0.511 e. The molecule has 0 amide bonds. The second-order valence-corrected chi connectivity index (χ2v) is 7.66.